The molecule has 0 saturated carbocycles. The molecule has 0 bridgehead atoms. The van der Waals surface area contributed by atoms with E-state index in [9.17, 15) is 10.1 Å². The molecule has 3 aromatic rings. The second-order valence-corrected chi connectivity index (χ2v) is 7.16. The Hall–Kier alpha value is -2.92. The maximum atomic E-state index is 11.1. The third kappa shape index (κ3) is 4.31. The molecule has 0 unspecified atom stereocenters. The molecule has 2 heterocycles. The van der Waals surface area contributed by atoms with E-state index < -0.39 is 4.92 Å². The van der Waals surface area contributed by atoms with Crippen LogP contribution in [-0.2, 0) is 6.42 Å². The fraction of sp³-hybridized carbons (Fsp3) is 0.211. The Morgan fingerprint density at radius 2 is 1.93 bits per heavy atom. The molecule has 2 aromatic carbocycles. The van der Waals surface area contributed by atoms with Crippen molar-refractivity contribution in [1.82, 2.24) is 14.9 Å². The average molecular weight is 492 g/mol. The minimum absolute atomic E-state index is 0. The second-order valence-electron chi connectivity index (χ2n) is 6.22. The van der Waals surface area contributed by atoms with Gasteiger partial charge in [0, 0.05) is 29.9 Å². The summed E-state index contributed by atoms with van der Waals surface area (Å²) in [6.07, 6.45) is 0.500. The second kappa shape index (κ2) is 9.26. The number of non-ortho nitro benzene ring substituents is 1. The van der Waals surface area contributed by atoms with Gasteiger partial charge in [0.05, 0.1) is 24.9 Å². The van der Waals surface area contributed by atoms with Gasteiger partial charge in [0.25, 0.3) is 5.69 Å². The zero-order valence-electron chi connectivity index (χ0n) is 16.1. The largest absolute Gasteiger partial charge is 0.493 e. The summed E-state index contributed by atoms with van der Waals surface area (Å²) >= 11 is 1.50. The van der Waals surface area contributed by atoms with Crippen LogP contribution in [0.1, 0.15) is 17.0 Å². The van der Waals surface area contributed by atoms with E-state index in [4.69, 9.17) is 9.47 Å². The molecule has 1 aliphatic rings. The molecule has 0 atom stereocenters. The normalized spacial score (nSPS) is 12.4. The molecule has 156 valence electrons. The number of thioether (sulfide) groups is 1. The number of benzene rings is 2. The standard InChI is InChI=1S/C19H17N5O4S.BrH/c1-27-16-7-6-12(8-17(16)28-2)9-18-20-21-19-23(18)22-15(11-29-19)13-4-3-5-14(10-13)24(25)26;/h3-8,10H,9,11H2,1-2H3;1H. The number of halogens is 1. The highest BCUT2D eigenvalue weighted by atomic mass is 79.9. The van der Waals surface area contributed by atoms with Crippen LogP contribution in [0.4, 0.5) is 5.69 Å². The molecular weight excluding hydrogens is 474 g/mol. The molecule has 0 aliphatic carbocycles. The van der Waals surface area contributed by atoms with Crippen LogP contribution in [0, 0.1) is 10.1 Å². The Bertz CT molecular complexity index is 1120. The van der Waals surface area contributed by atoms with Crippen LogP contribution in [0.2, 0.25) is 0 Å². The van der Waals surface area contributed by atoms with E-state index in [1.165, 1.54) is 23.9 Å². The Balaban J connectivity index is 0.00000256. The Kier molecular flexibility index (Phi) is 6.73. The zero-order valence-corrected chi connectivity index (χ0v) is 18.7. The molecule has 0 spiro atoms. The topological polar surface area (TPSA) is 105 Å². The smallest absolute Gasteiger partial charge is 0.270 e. The molecule has 1 aromatic heterocycles. The quantitative estimate of drug-likeness (QED) is 0.382. The van der Waals surface area contributed by atoms with Crippen LogP contribution in [0.3, 0.4) is 0 Å². The van der Waals surface area contributed by atoms with Crippen molar-refractivity contribution >= 4 is 40.1 Å². The van der Waals surface area contributed by atoms with Gasteiger partial charge in [-0.25, -0.2) is 0 Å². The number of aromatic nitrogens is 3. The molecule has 0 fully saturated rings. The molecule has 1 aliphatic heterocycles. The third-order valence-corrected chi connectivity index (χ3v) is 5.37. The van der Waals surface area contributed by atoms with E-state index in [2.05, 4.69) is 15.3 Å². The van der Waals surface area contributed by atoms with E-state index in [1.54, 1.807) is 25.0 Å². The van der Waals surface area contributed by atoms with Crippen LogP contribution in [0.25, 0.3) is 0 Å². The van der Waals surface area contributed by atoms with Crippen LogP contribution < -0.4 is 9.47 Å². The van der Waals surface area contributed by atoms with Gasteiger partial charge in [-0.15, -0.1) is 27.2 Å². The lowest BCUT2D eigenvalue weighted by atomic mass is 10.1. The predicted octanol–water partition coefficient (Wildman–Crippen LogP) is 3.73. The van der Waals surface area contributed by atoms with Gasteiger partial charge >= 0.3 is 0 Å². The number of nitrogens with zero attached hydrogens (tertiary/aromatic N) is 5. The summed E-state index contributed by atoms with van der Waals surface area (Å²) in [6.45, 7) is 0. The highest BCUT2D eigenvalue weighted by Gasteiger charge is 2.21. The van der Waals surface area contributed by atoms with Crippen molar-refractivity contribution < 1.29 is 14.4 Å². The monoisotopic (exact) mass is 491 g/mol. The lowest BCUT2D eigenvalue weighted by molar-refractivity contribution is -0.384. The summed E-state index contributed by atoms with van der Waals surface area (Å²) in [4.78, 5) is 10.7. The molecule has 0 amide bonds. The number of nitro groups is 1. The van der Waals surface area contributed by atoms with Crippen molar-refractivity contribution in [3.8, 4) is 11.5 Å². The summed E-state index contributed by atoms with van der Waals surface area (Å²) in [5.41, 5.74) is 2.46. The van der Waals surface area contributed by atoms with Crippen molar-refractivity contribution in [2.45, 2.75) is 11.6 Å². The maximum absolute atomic E-state index is 11.1. The summed E-state index contributed by atoms with van der Waals surface area (Å²) in [7, 11) is 3.18. The molecule has 0 N–H and O–H groups in total. The van der Waals surface area contributed by atoms with Gasteiger partial charge in [-0.05, 0) is 17.7 Å². The highest BCUT2D eigenvalue weighted by molar-refractivity contribution is 8.93. The van der Waals surface area contributed by atoms with E-state index in [0.717, 1.165) is 11.3 Å². The highest BCUT2D eigenvalue weighted by Crippen LogP contribution is 2.30. The Morgan fingerprint density at radius 1 is 1.13 bits per heavy atom. The van der Waals surface area contributed by atoms with E-state index in [-0.39, 0.29) is 22.7 Å². The summed E-state index contributed by atoms with van der Waals surface area (Å²) in [6, 6.07) is 12.1. The van der Waals surface area contributed by atoms with Gasteiger partial charge < -0.3 is 9.47 Å². The van der Waals surface area contributed by atoms with Crippen molar-refractivity contribution in [1.29, 1.82) is 0 Å². The van der Waals surface area contributed by atoms with Gasteiger partial charge in [-0.3, -0.25) is 10.1 Å². The number of fused-ring (bicyclic) bond motifs is 1. The van der Waals surface area contributed by atoms with Gasteiger partial charge in [0.1, 0.15) is 0 Å². The summed E-state index contributed by atoms with van der Waals surface area (Å²) in [5.74, 6) is 2.53. The van der Waals surface area contributed by atoms with Crippen molar-refractivity contribution in [2.75, 3.05) is 20.0 Å². The first-order chi connectivity index (χ1) is 14.1. The van der Waals surface area contributed by atoms with Crippen molar-refractivity contribution in [2.24, 2.45) is 5.10 Å². The first-order valence-corrected chi connectivity index (χ1v) is 9.68. The van der Waals surface area contributed by atoms with Gasteiger partial charge in [0.15, 0.2) is 17.3 Å². The zero-order chi connectivity index (χ0) is 20.4. The number of methoxy groups -OCH3 is 2. The van der Waals surface area contributed by atoms with Crippen LogP contribution >= 0.6 is 28.7 Å². The molecule has 4 rings (SSSR count). The minimum Gasteiger partial charge on any atom is -0.493 e. The first-order valence-electron chi connectivity index (χ1n) is 8.69. The number of nitro benzene ring substituents is 1. The SMILES string of the molecule is Br.COc1ccc(Cc2nnc3n2N=C(c2cccc([N+](=O)[O-])c2)CS3)cc1OC. The predicted molar refractivity (Wildman–Crippen MR) is 118 cm³/mol. The van der Waals surface area contributed by atoms with E-state index >= 15 is 0 Å². The van der Waals surface area contributed by atoms with Crippen LogP contribution in [-0.4, -0.2) is 45.5 Å². The summed E-state index contributed by atoms with van der Waals surface area (Å²) in [5, 5.41) is 24.9. The minimum atomic E-state index is -0.410. The molecule has 30 heavy (non-hydrogen) atoms. The van der Waals surface area contributed by atoms with Gasteiger partial charge in [0.2, 0.25) is 5.16 Å². The third-order valence-electron chi connectivity index (χ3n) is 4.44. The molecular formula is C19H18BrN5O4S. The van der Waals surface area contributed by atoms with Gasteiger partial charge in [-0.1, -0.05) is 30.0 Å². The van der Waals surface area contributed by atoms with Crippen LogP contribution in [0.15, 0.2) is 52.7 Å². The molecule has 11 heteroatoms. The lowest BCUT2D eigenvalue weighted by Crippen LogP contribution is -2.15. The maximum Gasteiger partial charge on any atom is 0.270 e. The average Bonchev–Trinajstić information content (AvgIpc) is 3.15. The van der Waals surface area contributed by atoms with Crippen molar-refractivity contribution in [3.63, 3.8) is 0 Å². The fourth-order valence-corrected chi connectivity index (χ4v) is 3.85. The first kappa shape index (κ1) is 21.8. The Morgan fingerprint density at radius 3 is 2.67 bits per heavy atom. The van der Waals surface area contributed by atoms with E-state index in [1.807, 2.05) is 24.3 Å². The molecule has 0 saturated heterocycles. The number of hydrogen-bond acceptors (Lipinski definition) is 8. The lowest BCUT2D eigenvalue weighted by Gasteiger charge is -2.14. The summed E-state index contributed by atoms with van der Waals surface area (Å²) < 4.78 is 12.3. The van der Waals surface area contributed by atoms with Crippen LogP contribution in [0.5, 0.6) is 11.5 Å². The number of rotatable bonds is 6. The fourth-order valence-electron chi connectivity index (χ4n) is 2.99. The number of ether oxygens (including phenoxy) is 2. The Labute approximate surface area is 187 Å². The van der Waals surface area contributed by atoms with Crippen molar-refractivity contribution in [3.05, 3.63) is 69.5 Å². The van der Waals surface area contributed by atoms with E-state index in [0.29, 0.717) is 40.2 Å². The molecule has 9 nitrogen and oxygen atoms in total. The van der Waals surface area contributed by atoms with Gasteiger partial charge in [-0.2, -0.15) is 9.78 Å². The number of hydrogen-bond donors (Lipinski definition) is 0. The molecule has 0 radical (unpaired) electrons.